The molecule has 11 heteroatoms. The van der Waals surface area contributed by atoms with E-state index in [9.17, 15) is 14.4 Å². The van der Waals surface area contributed by atoms with Crippen LogP contribution in [0.3, 0.4) is 0 Å². The Labute approximate surface area is 204 Å². The number of halogens is 2. The van der Waals surface area contributed by atoms with Crippen LogP contribution in [-0.2, 0) is 9.59 Å². The Bertz CT molecular complexity index is 1340. The van der Waals surface area contributed by atoms with Crippen molar-refractivity contribution in [1.29, 1.82) is 0 Å². The zero-order valence-electron chi connectivity index (χ0n) is 16.5. The third-order valence-electron chi connectivity index (χ3n) is 4.70. The van der Waals surface area contributed by atoms with Crippen LogP contribution in [0, 0.1) is 0 Å². The average molecular weight is 548 g/mol. The first-order valence-corrected chi connectivity index (χ1v) is 11.4. The highest BCUT2D eigenvalue weighted by Gasteiger charge is 2.37. The fraction of sp³-hybridized carbons (Fsp3) is 0.0455. The van der Waals surface area contributed by atoms with E-state index < -0.39 is 17.8 Å². The lowest BCUT2D eigenvalue weighted by Gasteiger charge is -2.26. The van der Waals surface area contributed by atoms with Crippen molar-refractivity contribution in [2.45, 2.75) is 9.99 Å². The van der Waals surface area contributed by atoms with Crippen LogP contribution in [0.4, 0.5) is 10.5 Å². The highest BCUT2D eigenvalue weighted by atomic mass is 79.9. The van der Waals surface area contributed by atoms with Crippen LogP contribution < -0.4 is 19.7 Å². The molecule has 0 saturated carbocycles. The van der Waals surface area contributed by atoms with Crippen molar-refractivity contribution in [3.63, 3.8) is 0 Å². The first kappa shape index (κ1) is 21.6. The number of amides is 4. The molecule has 33 heavy (non-hydrogen) atoms. The normalized spacial score (nSPS) is 16.5. The number of benzene rings is 2. The largest absolute Gasteiger partial charge is 0.454 e. The van der Waals surface area contributed by atoms with Crippen molar-refractivity contribution in [3.05, 3.63) is 69.4 Å². The molecule has 0 unspecified atom stereocenters. The third-order valence-corrected chi connectivity index (χ3v) is 6.80. The molecule has 2 aliphatic heterocycles. The van der Waals surface area contributed by atoms with Crippen molar-refractivity contribution >= 4 is 68.9 Å². The summed E-state index contributed by atoms with van der Waals surface area (Å²) in [5.41, 5.74) is -0.0173. The summed E-state index contributed by atoms with van der Waals surface area (Å²) in [6.45, 7) is 0.0479. The highest BCUT2D eigenvalue weighted by Crippen LogP contribution is 2.38. The quantitative estimate of drug-likeness (QED) is 0.352. The number of fused-ring (bicyclic) bond motifs is 1. The Kier molecular flexibility index (Phi) is 5.65. The van der Waals surface area contributed by atoms with Crippen molar-refractivity contribution in [3.8, 4) is 11.5 Å². The molecule has 2 aromatic carbocycles. The number of rotatable bonds is 4. The van der Waals surface area contributed by atoms with Crippen molar-refractivity contribution in [2.24, 2.45) is 0 Å². The fourth-order valence-electron chi connectivity index (χ4n) is 3.18. The molecule has 3 heterocycles. The van der Waals surface area contributed by atoms with Gasteiger partial charge in [-0.25, -0.2) is 9.69 Å². The fourth-order valence-corrected chi connectivity index (χ4v) is 4.63. The van der Waals surface area contributed by atoms with E-state index >= 15 is 0 Å². The first-order valence-electron chi connectivity index (χ1n) is 9.43. The predicted octanol–water partition coefficient (Wildman–Crippen LogP) is 5.24. The second kappa shape index (κ2) is 8.62. The van der Waals surface area contributed by atoms with E-state index in [0.29, 0.717) is 26.1 Å². The van der Waals surface area contributed by atoms with Crippen LogP contribution in [0.1, 0.15) is 5.76 Å². The summed E-state index contributed by atoms with van der Waals surface area (Å²) in [4.78, 5) is 39.7. The average Bonchev–Trinajstić information content (AvgIpc) is 3.38. The number of hydrogen-bond donors (Lipinski definition) is 1. The van der Waals surface area contributed by atoms with Gasteiger partial charge in [-0.1, -0.05) is 23.4 Å². The molecule has 1 fully saturated rings. The van der Waals surface area contributed by atoms with Crippen LogP contribution in [0.25, 0.3) is 6.08 Å². The molecule has 3 aromatic rings. The topological polar surface area (TPSA) is 98.1 Å². The number of nitrogens with one attached hydrogen (secondary N) is 1. The number of ether oxygens (including phenoxy) is 2. The van der Waals surface area contributed by atoms with Crippen LogP contribution >= 0.6 is 39.3 Å². The second-order valence-electron chi connectivity index (χ2n) is 6.84. The summed E-state index contributed by atoms with van der Waals surface area (Å²) >= 11 is 10.7. The van der Waals surface area contributed by atoms with Gasteiger partial charge >= 0.3 is 6.03 Å². The Morgan fingerprint density at radius 2 is 1.79 bits per heavy atom. The van der Waals surface area contributed by atoms with Gasteiger partial charge in [0.2, 0.25) is 6.79 Å². The van der Waals surface area contributed by atoms with Gasteiger partial charge in [-0.05, 0) is 64.5 Å². The summed E-state index contributed by atoms with van der Waals surface area (Å²) in [5, 5.41) is 3.32. The first-order chi connectivity index (χ1) is 15.9. The molecule has 166 valence electrons. The highest BCUT2D eigenvalue weighted by molar-refractivity contribution is 9.10. The van der Waals surface area contributed by atoms with Crippen LogP contribution in [0.5, 0.6) is 11.5 Å². The predicted molar refractivity (Wildman–Crippen MR) is 124 cm³/mol. The number of nitrogens with zero attached hydrogens (tertiary/aromatic N) is 1. The second-order valence-corrected chi connectivity index (χ2v) is 9.17. The van der Waals surface area contributed by atoms with E-state index in [2.05, 4.69) is 21.2 Å². The summed E-state index contributed by atoms with van der Waals surface area (Å²) in [6, 6.07) is 12.6. The SMILES string of the molecule is O=C1NC(=O)N(c2ccc3c(c2)OCO3)C(=O)/C1=C/c1cc(Br)c(Sc2ccc(Cl)cc2)o1. The van der Waals surface area contributed by atoms with Crippen LogP contribution in [0.15, 0.2) is 73.0 Å². The maximum Gasteiger partial charge on any atom is 0.335 e. The van der Waals surface area contributed by atoms with E-state index in [1.165, 1.54) is 30.0 Å². The number of carbonyl (C=O) groups is 3. The molecule has 0 aliphatic carbocycles. The van der Waals surface area contributed by atoms with E-state index in [-0.39, 0.29) is 23.8 Å². The van der Waals surface area contributed by atoms with E-state index in [1.807, 2.05) is 12.1 Å². The van der Waals surface area contributed by atoms with E-state index in [0.717, 1.165) is 9.80 Å². The molecular formula is C22H12BrClN2O6S. The number of anilines is 1. The van der Waals surface area contributed by atoms with E-state index in [4.69, 9.17) is 25.5 Å². The monoisotopic (exact) mass is 546 g/mol. The molecule has 0 radical (unpaired) electrons. The zero-order chi connectivity index (χ0) is 23.1. The lowest BCUT2D eigenvalue weighted by atomic mass is 10.1. The Morgan fingerprint density at radius 1 is 1.03 bits per heavy atom. The van der Waals surface area contributed by atoms with Gasteiger partial charge in [0.25, 0.3) is 11.8 Å². The molecule has 1 N–H and O–H groups in total. The zero-order valence-corrected chi connectivity index (χ0v) is 19.6. The van der Waals surface area contributed by atoms with Crippen molar-refractivity contribution in [2.75, 3.05) is 11.7 Å². The summed E-state index contributed by atoms with van der Waals surface area (Å²) in [5.74, 6) is -0.448. The molecule has 2 aliphatic rings. The standard InChI is InChI=1S/C22H12BrClN2O6S/c23-16-9-13(32-21(16)33-14-4-1-11(24)2-5-14)8-15-19(27)25-22(29)26(20(15)28)12-3-6-17-18(7-12)31-10-30-17/h1-9H,10H2,(H,25,27,29)/b15-8+. The Hall–Kier alpha value is -3.21. The smallest absolute Gasteiger partial charge is 0.335 e. The minimum absolute atomic E-state index is 0.0479. The van der Waals surface area contributed by atoms with Gasteiger partial charge in [0.15, 0.2) is 16.6 Å². The molecule has 0 bridgehead atoms. The molecule has 4 amide bonds. The van der Waals surface area contributed by atoms with Gasteiger partial charge in [0.05, 0.1) is 10.2 Å². The van der Waals surface area contributed by atoms with Crippen molar-refractivity contribution in [1.82, 2.24) is 5.32 Å². The van der Waals surface area contributed by atoms with Gasteiger partial charge in [0, 0.05) is 16.0 Å². The number of hydrogen-bond acceptors (Lipinski definition) is 7. The summed E-state index contributed by atoms with van der Waals surface area (Å²) < 4.78 is 17.0. The van der Waals surface area contributed by atoms with Crippen LogP contribution in [-0.4, -0.2) is 24.6 Å². The van der Waals surface area contributed by atoms with E-state index in [1.54, 1.807) is 24.3 Å². The molecule has 0 spiro atoms. The van der Waals surface area contributed by atoms with Gasteiger partial charge in [0.1, 0.15) is 11.3 Å². The number of furan rings is 1. The molecule has 0 atom stereocenters. The Morgan fingerprint density at radius 3 is 2.58 bits per heavy atom. The molecular weight excluding hydrogens is 536 g/mol. The molecule has 1 aromatic heterocycles. The number of barbiturate groups is 1. The molecule has 5 rings (SSSR count). The lowest BCUT2D eigenvalue weighted by molar-refractivity contribution is -0.122. The summed E-state index contributed by atoms with van der Waals surface area (Å²) in [7, 11) is 0. The minimum atomic E-state index is -0.861. The maximum absolute atomic E-state index is 13.1. The molecule has 8 nitrogen and oxygen atoms in total. The number of carbonyl (C=O) groups excluding carboxylic acids is 3. The van der Waals surface area contributed by atoms with Gasteiger partial charge in [-0.3, -0.25) is 14.9 Å². The minimum Gasteiger partial charge on any atom is -0.454 e. The van der Waals surface area contributed by atoms with Crippen LogP contribution in [0.2, 0.25) is 5.02 Å². The summed E-state index contributed by atoms with van der Waals surface area (Å²) in [6.07, 6.45) is 1.29. The number of urea groups is 1. The Balaban J connectivity index is 1.44. The van der Waals surface area contributed by atoms with Gasteiger partial charge < -0.3 is 13.9 Å². The lowest BCUT2D eigenvalue weighted by Crippen LogP contribution is -2.54. The van der Waals surface area contributed by atoms with Gasteiger partial charge in [-0.2, -0.15) is 0 Å². The third kappa shape index (κ3) is 4.24. The maximum atomic E-state index is 13.1. The number of imide groups is 2. The molecule has 1 saturated heterocycles. The van der Waals surface area contributed by atoms with Gasteiger partial charge in [-0.15, -0.1) is 0 Å². The van der Waals surface area contributed by atoms with Crippen molar-refractivity contribution < 1.29 is 28.3 Å².